The maximum atomic E-state index is 12.1. The van der Waals surface area contributed by atoms with Gasteiger partial charge in [0.25, 0.3) is 0 Å². The standard InChI is InChI=1S/C17H21N5OS/c1-12(2)17(3,11-18)21-15(23)10-24-16-20-14(9-22(16)19)13-7-5-4-6-8-13/h4-9,12H,10,19H2,1-3H3,(H,21,23)/t17-/m0/s1. The maximum Gasteiger partial charge on any atom is 0.231 e. The lowest BCUT2D eigenvalue weighted by Gasteiger charge is -2.27. The van der Waals surface area contributed by atoms with Gasteiger partial charge in [-0.2, -0.15) is 5.26 Å². The van der Waals surface area contributed by atoms with Crippen LogP contribution in [0, 0.1) is 17.2 Å². The molecule has 3 N–H and O–H groups in total. The van der Waals surface area contributed by atoms with Crippen molar-refractivity contribution in [1.29, 1.82) is 5.26 Å². The molecule has 126 valence electrons. The summed E-state index contributed by atoms with van der Waals surface area (Å²) in [5, 5.41) is 12.6. The van der Waals surface area contributed by atoms with Crippen LogP contribution in [0.15, 0.2) is 41.7 Å². The van der Waals surface area contributed by atoms with Crippen LogP contribution >= 0.6 is 11.8 Å². The molecule has 6 nitrogen and oxygen atoms in total. The highest BCUT2D eigenvalue weighted by Gasteiger charge is 2.29. The minimum Gasteiger partial charge on any atom is -0.337 e. The van der Waals surface area contributed by atoms with Crippen molar-refractivity contribution in [1.82, 2.24) is 15.0 Å². The number of aromatic nitrogens is 2. The van der Waals surface area contributed by atoms with Gasteiger partial charge >= 0.3 is 0 Å². The van der Waals surface area contributed by atoms with Crippen LogP contribution in [0.5, 0.6) is 0 Å². The third-order valence-electron chi connectivity index (χ3n) is 3.89. The van der Waals surface area contributed by atoms with Crippen molar-refractivity contribution in [2.24, 2.45) is 5.92 Å². The largest absolute Gasteiger partial charge is 0.337 e. The minimum absolute atomic E-state index is 0.0117. The summed E-state index contributed by atoms with van der Waals surface area (Å²) in [7, 11) is 0. The van der Waals surface area contributed by atoms with Gasteiger partial charge in [-0.3, -0.25) is 4.79 Å². The monoisotopic (exact) mass is 343 g/mol. The maximum absolute atomic E-state index is 12.1. The number of hydrogen-bond acceptors (Lipinski definition) is 5. The number of nitrogens with two attached hydrogens (primary N) is 1. The number of nitrogen functional groups attached to an aromatic ring is 1. The molecule has 0 bridgehead atoms. The van der Waals surface area contributed by atoms with Crippen molar-refractivity contribution in [2.45, 2.75) is 31.5 Å². The number of thioether (sulfide) groups is 1. The molecule has 0 aliphatic heterocycles. The van der Waals surface area contributed by atoms with Gasteiger partial charge in [-0.25, -0.2) is 9.66 Å². The molecule has 7 heteroatoms. The molecular weight excluding hydrogens is 322 g/mol. The van der Waals surface area contributed by atoms with Crippen LogP contribution in [0.3, 0.4) is 0 Å². The van der Waals surface area contributed by atoms with Crippen molar-refractivity contribution in [3.8, 4) is 17.3 Å². The van der Waals surface area contributed by atoms with E-state index in [9.17, 15) is 10.1 Å². The zero-order chi connectivity index (χ0) is 17.7. The SMILES string of the molecule is CC(C)[C@](C)(C#N)NC(=O)CSc1nc(-c2ccccc2)cn1N. The van der Waals surface area contributed by atoms with Crippen molar-refractivity contribution < 1.29 is 4.79 Å². The summed E-state index contributed by atoms with van der Waals surface area (Å²) < 4.78 is 1.41. The van der Waals surface area contributed by atoms with E-state index < -0.39 is 5.54 Å². The zero-order valence-corrected chi connectivity index (χ0v) is 14.8. The van der Waals surface area contributed by atoms with Gasteiger partial charge in [0.2, 0.25) is 5.91 Å². The Bertz CT molecular complexity index is 750. The lowest BCUT2D eigenvalue weighted by molar-refractivity contribution is -0.120. The fraction of sp³-hybridized carbons (Fsp3) is 0.353. The first-order valence-corrected chi connectivity index (χ1v) is 8.59. The lowest BCUT2D eigenvalue weighted by Crippen LogP contribution is -2.49. The molecule has 2 aromatic rings. The topological polar surface area (TPSA) is 96.7 Å². The molecule has 0 aliphatic rings. The van der Waals surface area contributed by atoms with Gasteiger partial charge < -0.3 is 11.2 Å². The third-order valence-corrected chi connectivity index (χ3v) is 4.85. The molecule has 1 atom stereocenters. The number of carbonyl (C=O) groups is 1. The summed E-state index contributed by atoms with van der Waals surface area (Å²) in [6.07, 6.45) is 1.73. The van der Waals surface area contributed by atoms with Crippen LogP contribution in [-0.4, -0.2) is 26.9 Å². The smallest absolute Gasteiger partial charge is 0.231 e. The number of imidazole rings is 1. The summed E-state index contributed by atoms with van der Waals surface area (Å²) >= 11 is 1.24. The Hall–Kier alpha value is -2.46. The molecule has 1 heterocycles. The van der Waals surface area contributed by atoms with Crippen molar-refractivity contribution in [3.63, 3.8) is 0 Å². The molecule has 1 aromatic carbocycles. The second-order valence-corrected chi connectivity index (χ2v) is 6.93. The number of rotatable bonds is 6. The van der Waals surface area contributed by atoms with Crippen molar-refractivity contribution >= 4 is 17.7 Å². The lowest BCUT2D eigenvalue weighted by atomic mass is 9.90. The third kappa shape index (κ3) is 4.09. The Kier molecular flexibility index (Phi) is 5.52. The van der Waals surface area contributed by atoms with Gasteiger partial charge in [0.05, 0.1) is 23.7 Å². The fourth-order valence-electron chi connectivity index (χ4n) is 1.99. The predicted octanol–water partition coefficient (Wildman–Crippen LogP) is 2.41. The van der Waals surface area contributed by atoms with Crippen LogP contribution in [0.4, 0.5) is 0 Å². The summed E-state index contributed by atoms with van der Waals surface area (Å²) in [5.74, 6) is 5.85. The van der Waals surface area contributed by atoms with Crippen LogP contribution < -0.4 is 11.2 Å². The molecule has 0 saturated carbocycles. The van der Waals surface area contributed by atoms with Gasteiger partial charge in [0.1, 0.15) is 5.54 Å². The molecule has 0 fully saturated rings. The van der Waals surface area contributed by atoms with E-state index in [0.29, 0.717) is 5.16 Å². The minimum atomic E-state index is -0.884. The molecule has 0 radical (unpaired) electrons. The fourth-order valence-corrected chi connectivity index (χ4v) is 2.69. The van der Waals surface area contributed by atoms with E-state index in [2.05, 4.69) is 16.4 Å². The van der Waals surface area contributed by atoms with Crippen LogP contribution in [0.1, 0.15) is 20.8 Å². The molecule has 0 spiro atoms. The molecule has 0 unspecified atom stereocenters. The predicted molar refractivity (Wildman–Crippen MR) is 95.5 cm³/mol. The summed E-state index contributed by atoms with van der Waals surface area (Å²) in [6.45, 7) is 5.52. The highest BCUT2D eigenvalue weighted by atomic mass is 32.2. The van der Waals surface area contributed by atoms with Gasteiger partial charge in [0.15, 0.2) is 5.16 Å². The molecule has 0 aliphatic carbocycles. The number of benzene rings is 1. The van der Waals surface area contributed by atoms with Crippen LogP contribution in [-0.2, 0) is 4.79 Å². The van der Waals surface area contributed by atoms with Crippen LogP contribution in [0.2, 0.25) is 0 Å². The molecule has 1 amide bonds. The van der Waals surface area contributed by atoms with Crippen LogP contribution in [0.25, 0.3) is 11.3 Å². The number of nitrogens with zero attached hydrogens (tertiary/aromatic N) is 3. The van der Waals surface area contributed by atoms with E-state index in [1.54, 1.807) is 13.1 Å². The molecule has 2 rings (SSSR count). The molecular formula is C17H21N5OS. The highest BCUT2D eigenvalue weighted by molar-refractivity contribution is 7.99. The van der Waals surface area contributed by atoms with Gasteiger partial charge in [0, 0.05) is 5.56 Å². The Labute approximate surface area is 146 Å². The van der Waals surface area contributed by atoms with Gasteiger partial charge in [-0.05, 0) is 12.8 Å². The number of carbonyl (C=O) groups excluding carboxylic acids is 1. The van der Waals surface area contributed by atoms with Crippen molar-refractivity contribution in [3.05, 3.63) is 36.5 Å². The first-order valence-electron chi connectivity index (χ1n) is 7.60. The Morgan fingerprint density at radius 1 is 1.46 bits per heavy atom. The average Bonchev–Trinajstić information content (AvgIpc) is 2.94. The first-order chi connectivity index (χ1) is 11.4. The Balaban J connectivity index is 2.01. The van der Waals surface area contributed by atoms with E-state index in [1.807, 2.05) is 44.2 Å². The molecule has 24 heavy (non-hydrogen) atoms. The Morgan fingerprint density at radius 3 is 2.71 bits per heavy atom. The number of nitrogens with one attached hydrogen (secondary N) is 1. The summed E-state index contributed by atoms with van der Waals surface area (Å²) in [6, 6.07) is 11.9. The summed E-state index contributed by atoms with van der Waals surface area (Å²) in [4.78, 5) is 16.6. The second-order valence-electron chi connectivity index (χ2n) is 5.99. The first kappa shape index (κ1) is 17.9. The highest BCUT2D eigenvalue weighted by Crippen LogP contribution is 2.23. The average molecular weight is 343 g/mol. The van der Waals surface area contributed by atoms with E-state index in [-0.39, 0.29) is 17.6 Å². The summed E-state index contributed by atoms with van der Waals surface area (Å²) in [5.41, 5.74) is 0.834. The second kappa shape index (κ2) is 7.41. The van der Waals surface area contributed by atoms with Gasteiger partial charge in [-0.15, -0.1) is 0 Å². The van der Waals surface area contributed by atoms with E-state index in [0.717, 1.165) is 11.3 Å². The van der Waals surface area contributed by atoms with E-state index >= 15 is 0 Å². The zero-order valence-electron chi connectivity index (χ0n) is 14.0. The van der Waals surface area contributed by atoms with E-state index in [4.69, 9.17) is 5.84 Å². The number of nitriles is 1. The quantitative estimate of drug-likeness (QED) is 0.620. The normalized spacial score (nSPS) is 13.3. The van der Waals surface area contributed by atoms with E-state index in [1.165, 1.54) is 16.4 Å². The number of hydrogen-bond donors (Lipinski definition) is 2. The van der Waals surface area contributed by atoms with Gasteiger partial charge in [-0.1, -0.05) is 55.9 Å². The molecule has 0 saturated heterocycles. The van der Waals surface area contributed by atoms with Crippen molar-refractivity contribution in [2.75, 3.05) is 11.6 Å². The number of amides is 1. The Morgan fingerprint density at radius 2 is 2.12 bits per heavy atom. The molecule has 1 aromatic heterocycles.